The normalized spacial score (nSPS) is 22.1. The average molecular weight is 284 g/mol. The van der Waals surface area contributed by atoms with Crippen molar-refractivity contribution < 1.29 is 19.2 Å². The molecule has 1 heterocycles. The van der Waals surface area contributed by atoms with Crippen LogP contribution >= 0.6 is 0 Å². The van der Waals surface area contributed by atoms with Crippen LogP contribution in [0.3, 0.4) is 0 Å². The lowest BCUT2D eigenvalue weighted by molar-refractivity contribution is -0.131. The second-order valence-corrected chi connectivity index (χ2v) is 5.48. The second-order valence-electron chi connectivity index (χ2n) is 5.48. The molecule has 0 aliphatic carbocycles. The van der Waals surface area contributed by atoms with Gasteiger partial charge in [-0.1, -0.05) is 13.8 Å². The Morgan fingerprint density at radius 1 is 1.40 bits per heavy atom. The molecule has 1 aliphatic heterocycles. The van der Waals surface area contributed by atoms with Crippen molar-refractivity contribution in [2.24, 2.45) is 11.7 Å². The molecule has 1 rings (SSSR count). The molecule has 0 radical (unpaired) electrons. The van der Waals surface area contributed by atoms with Crippen molar-refractivity contribution in [3.05, 3.63) is 0 Å². The highest BCUT2D eigenvalue weighted by Gasteiger charge is 2.47. The van der Waals surface area contributed by atoms with E-state index >= 15 is 0 Å². The van der Waals surface area contributed by atoms with Crippen molar-refractivity contribution >= 4 is 23.9 Å². The summed E-state index contributed by atoms with van der Waals surface area (Å²) in [6.07, 6.45) is 0.349. The summed E-state index contributed by atoms with van der Waals surface area (Å²) in [5.74, 6) is -0.749. The van der Waals surface area contributed by atoms with E-state index < -0.39 is 23.5 Å². The summed E-state index contributed by atoms with van der Waals surface area (Å²) >= 11 is 0. The third-order valence-corrected chi connectivity index (χ3v) is 2.99. The number of carbonyl (C=O) groups excluding carboxylic acids is 4. The van der Waals surface area contributed by atoms with Crippen molar-refractivity contribution in [1.29, 1.82) is 0 Å². The lowest BCUT2D eigenvalue weighted by atomic mass is 9.91. The molecule has 0 aromatic heterocycles. The van der Waals surface area contributed by atoms with E-state index in [-0.39, 0.29) is 24.8 Å². The standard InChI is InChI=1S/C12H20N4O4/c1-7(2)6-12(3)9(18)16(11(20)15-12)5-4-8(17)14-10(13)19/h7H,4-6H2,1-3H3,(H,15,20)(H3,13,14,17,19). The van der Waals surface area contributed by atoms with Gasteiger partial charge >= 0.3 is 12.1 Å². The first-order valence-corrected chi connectivity index (χ1v) is 6.39. The van der Waals surface area contributed by atoms with Crippen LogP contribution in [-0.4, -0.2) is 40.9 Å². The lowest BCUT2D eigenvalue weighted by Crippen LogP contribution is -2.45. The van der Waals surface area contributed by atoms with Gasteiger partial charge in [-0.3, -0.25) is 19.8 Å². The highest BCUT2D eigenvalue weighted by atomic mass is 16.2. The Hall–Kier alpha value is -2.12. The molecule has 0 spiro atoms. The van der Waals surface area contributed by atoms with Crippen molar-refractivity contribution in [2.45, 2.75) is 39.2 Å². The molecule has 0 aromatic carbocycles. The molecule has 6 amide bonds. The molecule has 8 heteroatoms. The topological polar surface area (TPSA) is 122 Å². The Morgan fingerprint density at radius 3 is 2.50 bits per heavy atom. The number of carbonyl (C=O) groups is 4. The number of nitrogens with two attached hydrogens (primary N) is 1. The van der Waals surface area contributed by atoms with E-state index in [1.807, 2.05) is 19.2 Å². The van der Waals surface area contributed by atoms with Gasteiger partial charge in [0.2, 0.25) is 5.91 Å². The van der Waals surface area contributed by atoms with E-state index in [2.05, 4.69) is 5.32 Å². The number of rotatable bonds is 5. The molecule has 1 aliphatic rings. The molecule has 0 aromatic rings. The Bertz CT molecular complexity index is 449. The monoisotopic (exact) mass is 284 g/mol. The van der Waals surface area contributed by atoms with E-state index in [0.717, 1.165) is 4.90 Å². The Morgan fingerprint density at radius 2 is 2.00 bits per heavy atom. The zero-order valence-electron chi connectivity index (χ0n) is 11.9. The molecule has 0 bridgehead atoms. The van der Waals surface area contributed by atoms with Gasteiger partial charge in [0.25, 0.3) is 5.91 Å². The Balaban J connectivity index is 2.64. The maximum Gasteiger partial charge on any atom is 0.325 e. The van der Waals surface area contributed by atoms with Gasteiger partial charge in [0.1, 0.15) is 5.54 Å². The Labute approximate surface area is 117 Å². The molecular weight excluding hydrogens is 264 g/mol. The molecule has 112 valence electrons. The highest BCUT2D eigenvalue weighted by molar-refractivity contribution is 6.07. The van der Waals surface area contributed by atoms with E-state index in [1.165, 1.54) is 0 Å². The van der Waals surface area contributed by atoms with Gasteiger partial charge in [-0.25, -0.2) is 9.59 Å². The van der Waals surface area contributed by atoms with Crippen molar-refractivity contribution in [1.82, 2.24) is 15.5 Å². The fourth-order valence-corrected chi connectivity index (χ4v) is 2.32. The number of primary amides is 1. The number of imide groups is 2. The van der Waals surface area contributed by atoms with Crippen molar-refractivity contribution in [3.8, 4) is 0 Å². The summed E-state index contributed by atoms with van der Waals surface area (Å²) in [7, 11) is 0. The highest BCUT2D eigenvalue weighted by Crippen LogP contribution is 2.24. The predicted molar refractivity (Wildman–Crippen MR) is 70.4 cm³/mol. The molecule has 1 atom stereocenters. The fourth-order valence-electron chi connectivity index (χ4n) is 2.32. The summed E-state index contributed by atoms with van der Waals surface area (Å²) in [6.45, 7) is 5.48. The minimum absolute atomic E-state index is 0.0858. The van der Waals surface area contributed by atoms with Gasteiger partial charge in [0, 0.05) is 13.0 Å². The maximum absolute atomic E-state index is 12.2. The van der Waals surface area contributed by atoms with Gasteiger partial charge in [-0.15, -0.1) is 0 Å². The van der Waals surface area contributed by atoms with Crippen molar-refractivity contribution in [3.63, 3.8) is 0 Å². The molecule has 0 saturated carbocycles. The predicted octanol–water partition coefficient (Wildman–Crippen LogP) is -0.0720. The quantitative estimate of drug-likeness (QED) is 0.611. The number of nitrogens with zero attached hydrogens (tertiary/aromatic N) is 1. The number of amides is 6. The fraction of sp³-hybridized carbons (Fsp3) is 0.667. The SMILES string of the molecule is CC(C)CC1(C)NC(=O)N(CCC(=O)NC(N)=O)C1=O. The molecule has 1 unspecified atom stereocenters. The molecule has 4 N–H and O–H groups in total. The third-order valence-electron chi connectivity index (χ3n) is 2.99. The zero-order valence-corrected chi connectivity index (χ0v) is 11.9. The number of hydrogen-bond acceptors (Lipinski definition) is 4. The minimum Gasteiger partial charge on any atom is -0.351 e. The summed E-state index contributed by atoms with van der Waals surface area (Å²) in [6, 6.07) is -1.48. The van der Waals surface area contributed by atoms with Crippen LogP contribution in [0.2, 0.25) is 0 Å². The summed E-state index contributed by atoms with van der Waals surface area (Å²) in [4.78, 5) is 46.8. The smallest absolute Gasteiger partial charge is 0.325 e. The van der Waals surface area contributed by atoms with Crippen LogP contribution < -0.4 is 16.4 Å². The first kappa shape index (κ1) is 15.9. The van der Waals surface area contributed by atoms with E-state index in [0.29, 0.717) is 6.42 Å². The van der Waals surface area contributed by atoms with Crippen LogP contribution in [-0.2, 0) is 9.59 Å². The number of hydrogen-bond donors (Lipinski definition) is 3. The van der Waals surface area contributed by atoms with E-state index in [4.69, 9.17) is 5.73 Å². The van der Waals surface area contributed by atoms with Crippen LogP contribution in [0.25, 0.3) is 0 Å². The molecular formula is C12H20N4O4. The number of nitrogens with one attached hydrogen (secondary N) is 2. The molecule has 1 fully saturated rings. The molecule has 20 heavy (non-hydrogen) atoms. The summed E-state index contributed by atoms with van der Waals surface area (Å²) in [5.41, 5.74) is 3.86. The van der Waals surface area contributed by atoms with Gasteiger partial charge in [-0.2, -0.15) is 0 Å². The van der Waals surface area contributed by atoms with Gasteiger partial charge < -0.3 is 11.1 Å². The first-order chi connectivity index (χ1) is 9.15. The lowest BCUT2D eigenvalue weighted by Gasteiger charge is -2.23. The second kappa shape index (κ2) is 5.89. The summed E-state index contributed by atoms with van der Waals surface area (Å²) in [5, 5.41) is 4.52. The molecule has 1 saturated heterocycles. The van der Waals surface area contributed by atoms with Crippen LogP contribution in [0.15, 0.2) is 0 Å². The van der Waals surface area contributed by atoms with E-state index in [1.54, 1.807) is 6.92 Å². The number of urea groups is 2. The minimum atomic E-state index is -0.961. The van der Waals surface area contributed by atoms with Crippen LogP contribution in [0.4, 0.5) is 9.59 Å². The molecule has 8 nitrogen and oxygen atoms in total. The van der Waals surface area contributed by atoms with Gasteiger partial charge in [0.05, 0.1) is 0 Å². The zero-order chi connectivity index (χ0) is 15.5. The Kier molecular flexibility index (Phi) is 4.69. The average Bonchev–Trinajstić information content (AvgIpc) is 2.45. The van der Waals surface area contributed by atoms with Crippen molar-refractivity contribution in [2.75, 3.05) is 6.54 Å². The van der Waals surface area contributed by atoms with E-state index in [9.17, 15) is 19.2 Å². The third kappa shape index (κ3) is 3.69. The largest absolute Gasteiger partial charge is 0.351 e. The van der Waals surface area contributed by atoms with Crippen LogP contribution in [0, 0.1) is 5.92 Å². The van der Waals surface area contributed by atoms with Crippen LogP contribution in [0.5, 0.6) is 0 Å². The summed E-state index contributed by atoms with van der Waals surface area (Å²) < 4.78 is 0. The first-order valence-electron chi connectivity index (χ1n) is 6.39. The van der Waals surface area contributed by atoms with Crippen LogP contribution in [0.1, 0.15) is 33.6 Å². The maximum atomic E-state index is 12.2. The van der Waals surface area contributed by atoms with Gasteiger partial charge in [0.15, 0.2) is 0 Å². The van der Waals surface area contributed by atoms with Gasteiger partial charge in [-0.05, 0) is 19.3 Å².